The van der Waals surface area contributed by atoms with Crippen molar-refractivity contribution in [2.75, 3.05) is 5.32 Å². The van der Waals surface area contributed by atoms with E-state index in [-0.39, 0.29) is 5.91 Å². The zero-order valence-corrected chi connectivity index (χ0v) is 15.7. The topological polar surface area (TPSA) is 59.8 Å². The molecule has 0 unspecified atom stereocenters. The molecule has 0 aliphatic heterocycles. The molecule has 0 saturated carbocycles. The van der Waals surface area contributed by atoms with Gasteiger partial charge in [-0.1, -0.05) is 54.1 Å². The van der Waals surface area contributed by atoms with Gasteiger partial charge in [-0.2, -0.15) is 9.67 Å². The third-order valence-electron chi connectivity index (χ3n) is 3.90. The van der Waals surface area contributed by atoms with Crippen LogP contribution in [-0.2, 0) is 6.54 Å². The van der Waals surface area contributed by atoms with Crippen LogP contribution >= 0.6 is 22.9 Å². The SMILES string of the molecule is O=C(c1cccc(Cl)c1)n1nc(-c2ccccc2)nc1NCc1cccs1. The maximum Gasteiger partial charge on any atom is 0.281 e. The second-order valence-corrected chi connectivity index (χ2v) is 7.25. The zero-order valence-electron chi connectivity index (χ0n) is 14.2. The van der Waals surface area contributed by atoms with Crippen molar-refractivity contribution >= 4 is 34.8 Å². The average molecular weight is 395 g/mol. The fourth-order valence-electron chi connectivity index (χ4n) is 2.60. The van der Waals surface area contributed by atoms with E-state index in [0.717, 1.165) is 10.4 Å². The first-order chi connectivity index (χ1) is 13.2. The summed E-state index contributed by atoms with van der Waals surface area (Å²) in [5, 5.41) is 10.2. The molecule has 7 heteroatoms. The normalized spacial score (nSPS) is 10.7. The van der Waals surface area contributed by atoms with Crippen LogP contribution in [0.25, 0.3) is 11.4 Å². The molecule has 0 saturated heterocycles. The van der Waals surface area contributed by atoms with Gasteiger partial charge in [-0.05, 0) is 29.6 Å². The Labute approximate surface area is 165 Å². The molecule has 2 aromatic carbocycles. The molecule has 5 nitrogen and oxygen atoms in total. The van der Waals surface area contributed by atoms with E-state index in [4.69, 9.17) is 11.6 Å². The van der Waals surface area contributed by atoms with Crippen molar-refractivity contribution < 1.29 is 4.79 Å². The van der Waals surface area contributed by atoms with Gasteiger partial charge in [0.15, 0.2) is 5.82 Å². The quantitative estimate of drug-likeness (QED) is 0.519. The molecule has 0 spiro atoms. The van der Waals surface area contributed by atoms with Crippen LogP contribution in [-0.4, -0.2) is 20.7 Å². The molecule has 2 aromatic heterocycles. The standard InChI is InChI=1S/C20H15ClN4OS/c21-16-9-4-8-15(12-16)19(26)25-20(22-13-17-10-5-11-27-17)23-18(24-25)14-6-2-1-3-7-14/h1-12H,13H2,(H,22,23,24). The summed E-state index contributed by atoms with van der Waals surface area (Å²) in [5.41, 5.74) is 1.29. The molecule has 0 bridgehead atoms. The molecule has 4 rings (SSSR count). The van der Waals surface area contributed by atoms with Crippen LogP contribution in [0.5, 0.6) is 0 Å². The Bertz CT molecular complexity index is 1060. The first-order valence-corrected chi connectivity index (χ1v) is 9.55. The number of rotatable bonds is 5. The van der Waals surface area contributed by atoms with Crippen LogP contribution in [0.2, 0.25) is 5.02 Å². The van der Waals surface area contributed by atoms with E-state index >= 15 is 0 Å². The van der Waals surface area contributed by atoms with Crippen LogP contribution in [0, 0.1) is 0 Å². The maximum absolute atomic E-state index is 13.0. The Morgan fingerprint density at radius 2 is 1.93 bits per heavy atom. The Balaban J connectivity index is 1.71. The number of halogens is 1. The third kappa shape index (κ3) is 3.92. The fourth-order valence-corrected chi connectivity index (χ4v) is 3.44. The number of thiophene rings is 1. The first kappa shape index (κ1) is 17.5. The molecule has 27 heavy (non-hydrogen) atoms. The predicted molar refractivity (Wildman–Crippen MR) is 108 cm³/mol. The summed E-state index contributed by atoms with van der Waals surface area (Å²) in [6.45, 7) is 0.563. The lowest BCUT2D eigenvalue weighted by Gasteiger charge is -2.06. The van der Waals surface area contributed by atoms with Crippen molar-refractivity contribution in [2.45, 2.75) is 6.54 Å². The summed E-state index contributed by atoms with van der Waals surface area (Å²) >= 11 is 7.67. The number of aromatic nitrogens is 3. The van der Waals surface area contributed by atoms with E-state index in [0.29, 0.717) is 28.9 Å². The summed E-state index contributed by atoms with van der Waals surface area (Å²) < 4.78 is 1.29. The molecular formula is C20H15ClN4OS. The van der Waals surface area contributed by atoms with Gasteiger partial charge in [0.1, 0.15) is 0 Å². The minimum absolute atomic E-state index is 0.291. The average Bonchev–Trinajstić information content (AvgIpc) is 3.36. The summed E-state index contributed by atoms with van der Waals surface area (Å²) in [5.74, 6) is 0.591. The highest BCUT2D eigenvalue weighted by Gasteiger charge is 2.19. The van der Waals surface area contributed by atoms with Gasteiger partial charge in [-0.25, -0.2) is 0 Å². The molecule has 0 aliphatic rings. The smallest absolute Gasteiger partial charge is 0.281 e. The lowest BCUT2D eigenvalue weighted by molar-refractivity contribution is 0.0947. The number of nitrogens with zero attached hydrogens (tertiary/aromatic N) is 3. The molecular weight excluding hydrogens is 380 g/mol. The van der Waals surface area contributed by atoms with Gasteiger partial charge in [0.2, 0.25) is 5.95 Å². The minimum Gasteiger partial charge on any atom is -0.349 e. The van der Waals surface area contributed by atoms with Crippen molar-refractivity contribution in [3.63, 3.8) is 0 Å². The highest BCUT2D eigenvalue weighted by Crippen LogP contribution is 2.20. The van der Waals surface area contributed by atoms with E-state index in [2.05, 4.69) is 15.4 Å². The first-order valence-electron chi connectivity index (χ1n) is 8.30. The minimum atomic E-state index is -0.291. The fraction of sp³-hybridized carbons (Fsp3) is 0.0500. The Morgan fingerprint density at radius 1 is 1.07 bits per heavy atom. The molecule has 0 aliphatic carbocycles. The molecule has 4 aromatic rings. The summed E-state index contributed by atoms with van der Waals surface area (Å²) in [7, 11) is 0. The van der Waals surface area contributed by atoms with Gasteiger partial charge in [0.05, 0.1) is 6.54 Å². The number of benzene rings is 2. The van der Waals surface area contributed by atoms with Crippen molar-refractivity contribution in [1.29, 1.82) is 0 Å². The van der Waals surface area contributed by atoms with Gasteiger partial charge < -0.3 is 5.32 Å². The number of hydrogen-bond acceptors (Lipinski definition) is 5. The Morgan fingerprint density at radius 3 is 2.67 bits per heavy atom. The Hall–Kier alpha value is -2.96. The number of hydrogen-bond donors (Lipinski definition) is 1. The second kappa shape index (κ2) is 7.73. The van der Waals surface area contributed by atoms with E-state index in [1.165, 1.54) is 4.68 Å². The van der Waals surface area contributed by atoms with E-state index < -0.39 is 0 Å². The lowest BCUT2D eigenvalue weighted by Crippen LogP contribution is -2.17. The van der Waals surface area contributed by atoms with Crippen LogP contribution in [0.3, 0.4) is 0 Å². The van der Waals surface area contributed by atoms with Crippen LogP contribution in [0.4, 0.5) is 5.95 Å². The van der Waals surface area contributed by atoms with Gasteiger partial charge >= 0.3 is 0 Å². The van der Waals surface area contributed by atoms with Gasteiger partial charge in [-0.15, -0.1) is 16.4 Å². The van der Waals surface area contributed by atoms with Crippen molar-refractivity contribution in [1.82, 2.24) is 14.8 Å². The van der Waals surface area contributed by atoms with Crippen molar-refractivity contribution in [3.8, 4) is 11.4 Å². The van der Waals surface area contributed by atoms with Crippen molar-refractivity contribution in [3.05, 3.63) is 87.6 Å². The van der Waals surface area contributed by atoms with Crippen molar-refractivity contribution in [2.24, 2.45) is 0 Å². The summed E-state index contributed by atoms with van der Waals surface area (Å²) in [6.07, 6.45) is 0. The molecule has 0 atom stereocenters. The highest BCUT2D eigenvalue weighted by atomic mass is 35.5. The summed E-state index contributed by atoms with van der Waals surface area (Å²) in [4.78, 5) is 18.7. The van der Waals surface area contributed by atoms with Gasteiger partial charge in [0.25, 0.3) is 5.91 Å². The number of carbonyl (C=O) groups excluding carboxylic acids is 1. The molecule has 0 amide bonds. The van der Waals surface area contributed by atoms with Gasteiger partial charge in [-0.3, -0.25) is 4.79 Å². The zero-order chi connectivity index (χ0) is 18.6. The van der Waals surface area contributed by atoms with Gasteiger partial charge in [0, 0.05) is 21.0 Å². The lowest BCUT2D eigenvalue weighted by atomic mass is 10.2. The largest absolute Gasteiger partial charge is 0.349 e. The van der Waals surface area contributed by atoms with Crippen LogP contribution in [0.15, 0.2) is 72.1 Å². The second-order valence-electron chi connectivity index (χ2n) is 5.79. The predicted octanol–water partition coefficient (Wildman–Crippen LogP) is 4.96. The van der Waals surface area contributed by atoms with Crippen LogP contribution in [0.1, 0.15) is 15.2 Å². The van der Waals surface area contributed by atoms with Crippen LogP contribution < -0.4 is 5.32 Å². The van der Waals surface area contributed by atoms with E-state index in [1.54, 1.807) is 35.6 Å². The maximum atomic E-state index is 13.0. The van der Waals surface area contributed by atoms with E-state index in [1.807, 2.05) is 47.8 Å². The molecule has 1 N–H and O–H groups in total. The molecule has 0 radical (unpaired) electrons. The third-order valence-corrected chi connectivity index (χ3v) is 5.02. The monoisotopic (exact) mass is 394 g/mol. The molecule has 2 heterocycles. The number of anilines is 1. The molecule has 134 valence electrons. The van der Waals surface area contributed by atoms with E-state index in [9.17, 15) is 4.79 Å². The summed E-state index contributed by atoms with van der Waals surface area (Å²) in [6, 6.07) is 20.4. The highest BCUT2D eigenvalue weighted by molar-refractivity contribution is 7.09. The number of nitrogens with one attached hydrogen (secondary N) is 1. The Kier molecular flexibility index (Phi) is 5.00. The molecule has 0 fully saturated rings. The number of carbonyl (C=O) groups is 1.